The van der Waals surface area contributed by atoms with Gasteiger partial charge in [-0.3, -0.25) is 0 Å². The second kappa shape index (κ2) is 7.40. The number of aliphatic hydroxyl groups excluding tert-OH is 1. The van der Waals surface area contributed by atoms with Gasteiger partial charge in [0.15, 0.2) is 5.82 Å². The number of aromatic nitrogens is 2. The molecule has 32 heavy (non-hydrogen) atoms. The molecule has 1 aromatic carbocycles. The molecule has 2 aromatic rings. The van der Waals surface area contributed by atoms with Gasteiger partial charge in [0, 0.05) is 24.4 Å². The number of nitrogens with two attached hydrogens (primary N) is 1. The molecule has 0 bridgehead atoms. The normalized spacial score (nSPS) is 28.4. The third-order valence-corrected chi connectivity index (χ3v) is 7.16. The van der Waals surface area contributed by atoms with Crippen molar-refractivity contribution in [3.8, 4) is 17.1 Å². The van der Waals surface area contributed by atoms with Crippen molar-refractivity contribution < 1.29 is 14.6 Å². The lowest BCUT2D eigenvalue weighted by Crippen LogP contribution is -2.90. The van der Waals surface area contributed by atoms with Crippen molar-refractivity contribution in [2.45, 2.75) is 55.5 Å². The maximum Gasteiger partial charge on any atom is 0.164 e. The van der Waals surface area contributed by atoms with Crippen LogP contribution in [0.15, 0.2) is 24.3 Å². The second-order valence-electron chi connectivity index (χ2n) is 9.17. The fraction of sp³-hybridized carbons (Fsp3) is 0.522. The number of morpholine rings is 1. The fourth-order valence-corrected chi connectivity index (χ4v) is 5.04. The molecule has 5 N–H and O–H groups in total. The van der Waals surface area contributed by atoms with E-state index in [4.69, 9.17) is 30.6 Å². The van der Waals surface area contributed by atoms with Crippen molar-refractivity contribution in [3.05, 3.63) is 29.8 Å². The first-order valence-electron chi connectivity index (χ1n) is 11.4. The highest BCUT2D eigenvalue weighted by atomic mass is 16.5. The van der Waals surface area contributed by atoms with Crippen LogP contribution in [0.25, 0.3) is 11.4 Å². The average Bonchev–Trinajstić information content (AvgIpc) is 3.59. The molecule has 0 radical (unpaired) electrons. The van der Waals surface area contributed by atoms with Gasteiger partial charge in [-0.2, -0.15) is 0 Å². The number of benzene rings is 1. The van der Waals surface area contributed by atoms with Gasteiger partial charge in [-0.15, -0.1) is 0 Å². The maximum atomic E-state index is 9.70. The van der Waals surface area contributed by atoms with E-state index in [1.54, 1.807) is 0 Å². The zero-order valence-corrected chi connectivity index (χ0v) is 17.8. The summed E-state index contributed by atoms with van der Waals surface area (Å²) in [7, 11) is 0. The van der Waals surface area contributed by atoms with Gasteiger partial charge in [0.1, 0.15) is 35.7 Å². The Hall–Kier alpha value is -2.75. The van der Waals surface area contributed by atoms with Crippen LogP contribution < -0.4 is 20.7 Å². The third kappa shape index (κ3) is 2.99. The molecule has 2 aliphatic carbocycles. The Kier molecular flexibility index (Phi) is 4.60. The molecule has 1 aromatic heterocycles. The lowest BCUT2D eigenvalue weighted by molar-refractivity contribution is -0.276. The van der Waals surface area contributed by atoms with Crippen LogP contribution in [0, 0.1) is 5.41 Å². The van der Waals surface area contributed by atoms with Crippen molar-refractivity contribution in [3.63, 3.8) is 0 Å². The number of piperidine rings is 1. The van der Waals surface area contributed by atoms with Crippen molar-refractivity contribution in [2.24, 2.45) is 5.73 Å². The van der Waals surface area contributed by atoms with Crippen LogP contribution in [0.5, 0.6) is 5.75 Å². The van der Waals surface area contributed by atoms with Crippen LogP contribution in [0.3, 0.4) is 0 Å². The molecule has 9 nitrogen and oxygen atoms in total. The van der Waals surface area contributed by atoms with Crippen molar-refractivity contribution in [1.82, 2.24) is 9.97 Å². The van der Waals surface area contributed by atoms with Crippen molar-refractivity contribution in [2.75, 3.05) is 30.0 Å². The Balaban J connectivity index is 1.37. The quantitative estimate of drug-likeness (QED) is 0.436. The van der Waals surface area contributed by atoms with Gasteiger partial charge in [-0.25, -0.2) is 9.97 Å². The number of anilines is 2. The van der Waals surface area contributed by atoms with Crippen molar-refractivity contribution in [1.29, 1.82) is 5.41 Å². The number of hydrogen-bond acceptors (Lipinski definition) is 9. The van der Waals surface area contributed by atoms with E-state index < -0.39 is 6.10 Å². The highest BCUT2D eigenvalue weighted by Crippen LogP contribution is 2.60. The van der Waals surface area contributed by atoms with Crippen LogP contribution in [-0.2, 0) is 4.74 Å². The monoisotopic (exact) mass is 436 g/mol. The minimum Gasteiger partial charge on any atom is -0.491 e. The second-order valence-corrected chi connectivity index (χ2v) is 9.17. The summed E-state index contributed by atoms with van der Waals surface area (Å²) in [6.45, 7) is 0.995. The fourth-order valence-electron chi connectivity index (χ4n) is 5.04. The standard InChI is InChI=1S/C23H28N6O3/c24-9-15(30)11-31-16-3-1-2-13(8-16)20-27-21(26-14-4-5-14)17(10-25)22(28-20)29-18-6-7-23(18)19(29)12-32-23/h1-3,8,10,14-15,18-19,25,30H,4-7,9,11-12,24H2,(H,26,27,28). The molecule has 2 saturated heterocycles. The Labute approximate surface area is 186 Å². The number of rotatable bonds is 9. The summed E-state index contributed by atoms with van der Waals surface area (Å²) in [6.07, 6.45) is 5.09. The van der Waals surface area contributed by atoms with E-state index in [2.05, 4.69) is 10.2 Å². The average molecular weight is 437 g/mol. The van der Waals surface area contributed by atoms with E-state index >= 15 is 0 Å². The summed E-state index contributed by atoms with van der Waals surface area (Å²) in [5.74, 6) is 2.74. The first-order chi connectivity index (χ1) is 15.6. The maximum absolute atomic E-state index is 9.70. The Morgan fingerprint density at radius 2 is 2.22 bits per heavy atom. The summed E-state index contributed by atoms with van der Waals surface area (Å²) in [5.41, 5.74) is 7.06. The lowest BCUT2D eigenvalue weighted by atomic mass is 9.58. The highest BCUT2D eigenvalue weighted by molar-refractivity contribution is 5.93. The summed E-state index contributed by atoms with van der Waals surface area (Å²) in [6, 6.07) is 8.64. The lowest BCUT2D eigenvalue weighted by Gasteiger charge is -2.75. The molecular formula is C23H28N6O3. The SMILES string of the molecule is N=Cc1c(NC2CC2)nc(-c2cccc(OCC(O)CN)c2)nc1N1C2CCC23OCC13. The van der Waals surface area contributed by atoms with Gasteiger partial charge in [0.25, 0.3) is 0 Å². The van der Waals surface area contributed by atoms with Crippen LogP contribution in [0.4, 0.5) is 11.6 Å². The molecule has 9 heteroatoms. The molecule has 2 saturated carbocycles. The van der Waals surface area contributed by atoms with Gasteiger partial charge >= 0.3 is 0 Å². The smallest absolute Gasteiger partial charge is 0.164 e. The minimum absolute atomic E-state index is 0.0199. The molecule has 4 fully saturated rings. The Morgan fingerprint density at radius 1 is 1.34 bits per heavy atom. The van der Waals surface area contributed by atoms with Crippen LogP contribution in [-0.4, -0.2) is 70.9 Å². The number of nitrogens with zero attached hydrogens (tertiary/aromatic N) is 3. The van der Waals surface area contributed by atoms with E-state index in [0.717, 1.165) is 42.6 Å². The Morgan fingerprint density at radius 3 is 2.84 bits per heavy atom. The van der Waals surface area contributed by atoms with E-state index in [0.29, 0.717) is 42.1 Å². The van der Waals surface area contributed by atoms with E-state index in [1.807, 2.05) is 24.3 Å². The van der Waals surface area contributed by atoms with Crippen LogP contribution >= 0.6 is 0 Å². The predicted octanol–water partition coefficient (Wildman–Crippen LogP) is 1.53. The minimum atomic E-state index is -0.707. The highest BCUT2D eigenvalue weighted by Gasteiger charge is 2.73. The number of ether oxygens (including phenoxy) is 2. The molecule has 4 aliphatic rings. The molecule has 4 unspecified atom stereocenters. The molecule has 168 valence electrons. The molecule has 2 aliphatic heterocycles. The van der Waals surface area contributed by atoms with Crippen LogP contribution in [0.2, 0.25) is 0 Å². The van der Waals surface area contributed by atoms with Crippen LogP contribution in [0.1, 0.15) is 31.2 Å². The molecular weight excluding hydrogens is 408 g/mol. The first kappa shape index (κ1) is 19.9. The summed E-state index contributed by atoms with van der Waals surface area (Å²) < 4.78 is 11.6. The molecule has 1 spiro atoms. The summed E-state index contributed by atoms with van der Waals surface area (Å²) in [5, 5.41) is 21.3. The molecule has 3 heterocycles. The van der Waals surface area contributed by atoms with E-state index in [-0.39, 0.29) is 18.8 Å². The molecule has 4 atom stereocenters. The summed E-state index contributed by atoms with van der Waals surface area (Å²) in [4.78, 5) is 12.1. The summed E-state index contributed by atoms with van der Waals surface area (Å²) >= 11 is 0. The third-order valence-electron chi connectivity index (χ3n) is 7.16. The van der Waals surface area contributed by atoms with E-state index in [1.165, 1.54) is 6.21 Å². The number of aliphatic hydroxyl groups is 1. The largest absolute Gasteiger partial charge is 0.491 e. The molecule has 6 rings (SSSR count). The molecule has 0 amide bonds. The zero-order chi connectivity index (χ0) is 21.9. The number of nitrogens with one attached hydrogen (secondary N) is 2. The predicted molar refractivity (Wildman–Crippen MR) is 121 cm³/mol. The zero-order valence-electron chi connectivity index (χ0n) is 17.8. The van der Waals surface area contributed by atoms with Crippen molar-refractivity contribution >= 4 is 17.9 Å². The first-order valence-corrected chi connectivity index (χ1v) is 11.4. The topological polar surface area (TPSA) is 130 Å². The van der Waals surface area contributed by atoms with Gasteiger partial charge < -0.3 is 35.9 Å². The van der Waals surface area contributed by atoms with Gasteiger partial charge in [-0.05, 0) is 37.8 Å². The Bertz CT molecular complexity index is 1040. The van der Waals surface area contributed by atoms with Gasteiger partial charge in [-0.1, -0.05) is 12.1 Å². The van der Waals surface area contributed by atoms with E-state index in [9.17, 15) is 5.11 Å². The number of hydrogen-bond donors (Lipinski definition) is 4. The van der Waals surface area contributed by atoms with Gasteiger partial charge in [0.2, 0.25) is 0 Å². The van der Waals surface area contributed by atoms with Gasteiger partial charge in [0.05, 0.1) is 24.3 Å².